The van der Waals surface area contributed by atoms with E-state index in [1.54, 1.807) is 6.92 Å². The molecule has 0 bridgehead atoms. The van der Waals surface area contributed by atoms with Gasteiger partial charge in [0, 0.05) is 18.9 Å². The lowest BCUT2D eigenvalue weighted by molar-refractivity contribution is -0.384. The third kappa shape index (κ3) is 7.07. The number of ether oxygens (including phenoxy) is 3. The molecule has 2 heterocycles. The highest BCUT2D eigenvalue weighted by molar-refractivity contribution is 5.57. The second-order valence-electron chi connectivity index (χ2n) is 8.47. The molecular weight excluding hydrogens is 414 g/mol. The van der Waals surface area contributed by atoms with Crippen LogP contribution in [-0.4, -0.2) is 85.5 Å². The van der Waals surface area contributed by atoms with Crippen molar-refractivity contribution in [1.29, 1.82) is 0 Å². The molecule has 11 heteroatoms. The van der Waals surface area contributed by atoms with Gasteiger partial charge in [0.1, 0.15) is 18.5 Å². The van der Waals surface area contributed by atoms with Crippen LogP contribution in [-0.2, 0) is 33.6 Å². The lowest BCUT2D eigenvalue weighted by Gasteiger charge is -2.39. The molecule has 0 radical (unpaired) electrons. The summed E-state index contributed by atoms with van der Waals surface area (Å²) >= 11 is 0. The van der Waals surface area contributed by atoms with Gasteiger partial charge in [0.15, 0.2) is 24.7 Å². The van der Waals surface area contributed by atoms with Crippen LogP contribution in [0.3, 0.4) is 0 Å². The Labute approximate surface area is 181 Å². The molecule has 0 aromatic carbocycles. The summed E-state index contributed by atoms with van der Waals surface area (Å²) in [6.07, 6.45) is -3.53. The minimum absolute atomic E-state index is 0.0515. The number of hydrogen-bond acceptors (Lipinski definition) is 11. The number of hydrogen-bond donors (Lipinski definition) is 2. The zero-order valence-corrected chi connectivity index (χ0v) is 18.1. The summed E-state index contributed by atoms with van der Waals surface area (Å²) in [5.41, 5.74) is 0. The van der Waals surface area contributed by atoms with Gasteiger partial charge in [-0.05, 0) is 18.3 Å². The number of aldehydes is 2. The van der Waals surface area contributed by atoms with Crippen molar-refractivity contribution in [2.24, 2.45) is 22.9 Å². The van der Waals surface area contributed by atoms with Crippen LogP contribution in [0.25, 0.3) is 0 Å². The monoisotopic (exact) mass is 447 g/mol. The first-order valence-electron chi connectivity index (χ1n) is 10.6. The van der Waals surface area contributed by atoms with E-state index < -0.39 is 48.8 Å². The van der Waals surface area contributed by atoms with E-state index in [2.05, 4.69) is 5.18 Å². The molecule has 0 amide bonds. The van der Waals surface area contributed by atoms with E-state index in [0.717, 1.165) is 0 Å². The minimum Gasteiger partial charge on any atom is -0.390 e. The van der Waals surface area contributed by atoms with Crippen molar-refractivity contribution in [1.82, 2.24) is 0 Å². The Hall–Kier alpha value is -1.34. The van der Waals surface area contributed by atoms with E-state index in [1.165, 1.54) is 0 Å². The molecule has 0 aromatic rings. The van der Waals surface area contributed by atoms with Crippen molar-refractivity contribution in [3.8, 4) is 0 Å². The number of nitroso groups, excluding NO2 is 1. The van der Waals surface area contributed by atoms with Gasteiger partial charge < -0.3 is 34.0 Å². The Bertz CT molecular complexity index is 576. The second kappa shape index (κ2) is 12.6. The lowest BCUT2D eigenvalue weighted by atomic mass is 9.90. The Balaban J connectivity index is 1.77. The highest BCUT2D eigenvalue weighted by Gasteiger charge is 2.45. The zero-order valence-electron chi connectivity index (χ0n) is 18.1. The number of aliphatic hydroxyl groups is 2. The highest BCUT2D eigenvalue weighted by Crippen LogP contribution is 2.29. The maximum atomic E-state index is 11.2. The molecule has 5 unspecified atom stereocenters. The van der Waals surface area contributed by atoms with Gasteiger partial charge in [-0.1, -0.05) is 25.9 Å². The van der Waals surface area contributed by atoms with Crippen molar-refractivity contribution < 1.29 is 43.8 Å². The largest absolute Gasteiger partial charge is 0.390 e. The maximum Gasteiger partial charge on any atom is 0.186 e. The first-order chi connectivity index (χ1) is 14.8. The van der Waals surface area contributed by atoms with E-state index in [1.807, 2.05) is 13.8 Å². The standard InChI is InChI=1S/C20H33NO10/c1-11(2)13(4-5-27-10-14-6-15(24)17(8-23)31-30-14)9-28-20-18(21-26)19(25)12(3)16(7-22)29-20/h7-8,11-20,24-25H,4-6,9-10H2,1-3H3/t12-,13?,14?,15+,16?,17?,18-,19?,20+/m0/s1. The number of carbonyl (C=O) groups is 2. The molecule has 9 atom stereocenters. The van der Waals surface area contributed by atoms with Crippen molar-refractivity contribution >= 4 is 12.6 Å². The quantitative estimate of drug-likeness (QED) is 0.186. The van der Waals surface area contributed by atoms with Crippen molar-refractivity contribution in [2.45, 2.75) is 76.5 Å². The van der Waals surface area contributed by atoms with Gasteiger partial charge in [-0.25, -0.2) is 9.78 Å². The molecule has 0 saturated carbocycles. The van der Waals surface area contributed by atoms with E-state index >= 15 is 0 Å². The van der Waals surface area contributed by atoms with Crippen molar-refractivity contribution in [2.75, 3.05) is 19.8 Å². The van der Waals surface area contributed by atoms with Crippen molar-refractivity contribution in [3.63, 3.8) is 0 Å². The molecule has 2 fully saturated rings. The SMILES string of the molecule is CC(C)C(CCOCC1C[C@@H](O)C(C=O)OO1)CO[C@@H]1OC(C=O)[C@H](C)C(O)[C@@H]1N=O. The summed E-state index contributed by atoms with van der Waals surface area (Å²) in [7, 11) is 0. The second-order valence-corrected chi connectivity index (χ2v) is 8.47. The third-order valence-corrected chi connectivity index (χ3v) is 5.91. The minimum atomic E-state index is -1.13. The molecule has 0 spiro atoms. The number of carbonyl (C=O) groups excluding carboxylic acids is 2. The molecule has 31 heavy (non-hydrogen) atoms. The van der Waals surface area contributed by atoms with Crippen LogP contribution in [0.1, 0.15) is 33.6 Å². The van der Waals surface area contributed by atoms with Crippen molar-refractivity contribution in [3.05, 3.63) is 4.91 Å². The van der Waals surface area contributed by atoms with Crippen LogP contribution in [0, 0.1) is 22.7 Å². The molecule has 0 aromatic heterocycles. The first kappa shape index (κ1) is 25.9. The van der Waals surface area contributed by atoms with Gasteiger partial charge >= 0.3 is 0 Å². The first-order valence-corrected chi connectivity index (χ1v) is 10.6. The predicted octanol–water partition coefficient (Wildman–Crippen LogP) is 0.387. The summed E-state index contributed by atoms with van der Waals surface area (Å²) in [5.74, 6) is -0.277. The summed E-state index contributed by atoms with van der Waals surface area (Å²) in [6.45, 7) is 6.46. The average molecular weight is 447 g/mol. The fraction of sp³-hybridized carbons (Fsp3) is 0.900. The molecule has 178 valence electrons. The van der Waals surface area contributed by atoms with Crippen LogP contribution in [0.5, 0.6) is 0 Å². The van der Waals surface area contributed by atoms with Gasteiger partial charge in [0.2, 0.25) is 0 Å². The van der Waals surface area contributed by atoms with Gasteiger partial charge in [0.25, 0.3) is 0 Å². The highest BCUT2D eigenvalue weighted by atomic mass is 17.2. The van der Waals surface area contributed by atoms with Gasteiger partial charge in [-0.3, -0.25) is 0 Å². The van der Waals surface area contributed by atoms with Crippen LogP contribution in [0.15, 0.2) is 5.18 Å². The Morgan fingerprint density at radius 1 is 1.16 bits per heavy atom. The van der Waals surface area contributed by atoms with Crippen LogP contribution < -0.4 is 0 Å². The van der Waals surface area contributed by atoms with E-state index in [9.17, 15) is 24.7 Å². The maximum absolute atomic E-state index is 11.2. The average Bonchev–Trinajstić information content (AvgIpc) is 2.75. The Kier molecular flexibility index (Phi) is 10.6. The fourth-order valence-electron chi connectivity index (χ4n) is 3.57. The number of rotatable bonds is 12. The molecule has 2 rings (SSSR count). The summed E-state index contributed by atoms with van der Waals surface area (Å²) < 4.78 is 16.9. The van der Waals surface area contributed by atoms with E-state index in [4.69, 9.17) is 24.0 Å². The van der Waals surface area contributed by atoms with E-state index in [-0.39, 0.29) is 31.5 Å². The number of aliphatic hydroxyl groups excluding tert-OH is 2. The lowest BCUT2D eigenvalue weighted by Crippen LogP contribution is -2.54. The molecular formula is C20H33NO10. The van der Waals surface area contributed by atoms with Gasteiger partial charge in [-0.15, -0.1) is 0 Å². The molecule has 2 aliphatic rings. The Morgan fingerprint density at radius 2 is 1.87 bits per heavy atom. The fourth-order valence-corrected chi connectivity index (χ4v) is 3.57. The van der Waals surface area contributed by atoms with Crippen LogP contribution >= 0.6 is 0 Å². The number of nitrogens with zero attached hydrogens (tertiary/aromatic N) is 1. The zero-order chi connectivity index (χ0) is 23.0. The van der Waals surface area contributed by atoms with Gasteiger partial charge in [-0.2, -0.15) is 4.91 Å². The predicted molar refractivity (Wildman–Crippen MR) is 106 cm³/mol. The van der Waals surface area contributed by atoms with Gasteiger partial charge in [0.05, 0.1) is 25.4 Å². The molecule has 0 aliphatic carbocycles. The van der Waals surface area contributed by atoms with Crippen LogP contribution in [0.2, 0.25) is 0 Å². The van der Waals surface area contributed by atoms with E-state index in [0.29, 0.717) is 25.6 Å². The molecule has 2 saturated heterocycles. The topological polar surface area (TPSA) is 150 Å². The molecule has 2 aliphatic heterocycles. The normalized spacial score (nSPS) is 37.4. The molecule has 11 nitrogen and oxygen atoms in total. The smallest absolute Gasteiger partial charge is 0.186 e. The summed E-state index contributed by atoms with van der Waals surface area (Å²) in [5, 5.41) is 23.0. The third-order valence-electron chi connectivity index (χ3n) is 5.91. The van der Waals surface area contributed by atoms with Crippen LogP contribution in [0.4, 0.5) is 0 Å². The summed E-state index contributed by atoms with van der Waals surface area (Å²) in [6, 6.07) is -1.11. The molecule has 2 N–H and O–H groups in total. The summed E-state index contributed by atoms with van der Waals surface area (Å²) in [4.78, 5) is 42.9. The Morgan fingerprint density at radius 3 is 2.45 bits per heavy atom.